The summed E-state index contributed by atoms with van der Waals surface area (Å²) in [5, 5.41) is 5.63. The van der Waals surface area contributed by atoms with Crippen LogP contribution in [0, 0.1) is 0 Å². The second-order valence-corrected chi connectivity index (χ2v) is 3.08. The van der Waals surface area contributed by atoms with Crippen LogP contribution in [-0.2, 0) is 18.8 Å². The van der Waals surface area contributed by atoms with Gasteiger partial charge in [-0.25, -0.2) is 4.79 Å². The van der Waals surface area contributed by atoms with Gasteiger partial charge in [0.2, 0.25) is 11.0 Å². The highest BCUT2D eigenvalue weighted by molar-refractivity contribution is 6.93. The van der Waals surface area contributed by atoms with Crippen LogP contribution in [0.15, 0.2) is 10.3 Å². The minimum absolute atomic E-state index is 0.438. The van der Waals surface area contributed by atoms with Crippen molar-refractivity contribution < 1.29 is 18.8 Å². The Morgan fingerprint density at radius 3 is 2.19 bits per heavy atom. The Kier molecular flexibility index (Phi) is 8.28. The molecule has 0 spiro atoms. The lowest BCUT2D eigenvalue weighted by atomic mass is 10.3. The maximum atomic E-state index is 11.2. The number of ketones is 1. The fourth-order valence-corrected chi connectivity index (χ4v) is 0.915. The summed E-state index contributed by atoms with van der Waals surface area (Å²) in [6, 6.07) is 0. The van der Waals surface area contributed by atoms with Crippen LogP contribution in [0.1, 0.15) is 0 Å². The first kappa shape index (κ1) is 15.4. The molecule has 0 aliphatic carbocycles. The third-order valence-corrected chi connectivity index (χ3v) is 1.82. The average Bonchev–Trinajstić information content (AvgIpc) is 2.28. The Balaban J connectivity index is 4.87. The van der Waals surface area contributed by atoms with Crippen molar-refractivity contribution in [2.24, 2.45) is 10.3 Å². The lowest BCUT2D eigenvalue weighted by molar-refractivity contribution is -0.140. The average molecular weight is 310 g/mol. The first-order valence-electron chi connectivity index (χ1n) is 3.51. The van der Waals surface area contributed by atoms with Gasteiger partial charge in [0.1, 0.15) is 5.88 Å². The molecule has 10 heteroatoms. The summed E-state index contributed by atoms with van der Waals surface area (Å²) >= 11 is 20.6. The van der Waals surface area contributed by atoms with Gasteiger partial charge in [-0.05, 0) is 5.16 Å². The standard InChI is InChI=1S/C6H4Cl4N2O4/c7-1-3(13)5(6(9)12-16-10)11-15-4(14)2-8/h1-2H2. The molecule has 0 radical (unpaired) electrons. The molecule has 0 atom stereocenters. The highest BCUT2D eigenvalue weighted by atomic mass is 35.5. The zero-order valence-corrected chi connectivity index (χ0v) is 10.5. The molecule has 0 amide bonds. The number of carbonyl (C=O) groups is 2. The van der Waals surface area contributed by atoms with E-state index in [4.69, 9.17) is 46.7 Å². The van der Waals surface area contributed by atoms with Gasteiger partial charge in [-0.3, -0.25) is 9.18 Å². The largest absolute Gasteiger partial charge is 0.349 e. The molecule has 16 heavy (non-hydrogen) atoms. The fourth-order valence-electron chi connectivity index (χ4n) is 0.461. The summed E-state index contributed by atoms with van der Waals surface area (Å²) < 4.78 is 3.80. The number of nitrogens with zero attached hydrogens (tertiary/aromatic N) is 2. The lowest BCUT2D eigenvalue weighted by Gasteiger charge is -1.99. The van der Waals surface area contributed by atoms with Crippen molar-refractivity contribution in [2.75, 3.05) is 11.8 Å². The molecule has 0 saturated heterocycles. The van der Waals surface area contributed by atoms with E-state index in [0.29, 0.717) is 0 Å². The highest BCUT2D eigenvalue weighted by Gasteiger charge is 2.18. The van der Waals surface area contributed by atoms with Crippen LogP contribution in [0.4, 0.5) is 0 Å². The second kappa shape index (κ2) is 8.58. The second-order valence-electron chi connectivity index (χ2n) is 2.04. The number of rotatable bonds is 6. The van der Waals surface area contributed by atoms with Gasteiger partial charge in [-0.15, -0.1) is 23.2 Å². The summed E-state index contributed by atoms with van der Waals surface area (Å²) in [5.74, 6) is -2.48. The molecule has 0 N–H and O–H groups in total. The van der Waals surface area contributed by atoms with Crippen LogP contribution in [0.3, 0.4) is 0 Å². The molecule has 0 aromatic heterocycles. The van der Waals surface area contributed by atoms with E-state index in [1.807, 2.05) is 0 Å². The molecule has 0 rings (SSSR count). The number of hydrogen-bond donors (Lipinski definition) is 0. The topological polar surface area (TPSA) is 77.3 Å². The molecule has 6 nitrogen and oxygen atoms in total. The molecular formula is C6H4Cl4N2O4. The highest BCUT2D eigenvalue weighted by Crippen LogP contribution is 1.99. The van der Waals surface area contributed by atoms with Crippen molar-refractivity contribution >= 4 is 69.3 Å². The van der Waals surface area contributed by atoms with E-state index in [0.717, 1.165) is 0 Å². The minimum atomic E-state index is -0.877. The van der Waals surface area contributed by atoms with Gasteiger partial charge in [-0.1, -0.05) is 16.8 Å². The first-order valence-corrected chi connectivity index (χ1v) is 5.27. The summed E-state index contributed by atoms with van der Waals surface area (Å²) in [5.41, 5.74) is -0.504. The number of oxime groups is 2. The quantitative estimate of drug-likeness (QED) is 0.323. The fraction of sp³-hybridized carbons (Fsp3) is 0.333. The molecular weight excluding hydrogens is 306 g/mol. The van der Waals surface area contributed by atoms with E-state index in [1.54, 1.807) is 0 Å². The predicted octanol–water partition coefficient (Wildman–Crippen LogP) is 1.66. The normalized spacial score (nSPS) is 12.2. The Bertz CT molecular complexity index is 330. The molecule has 0 aliphatic rings. The van der Waals surface area contributed by atoms with E-state index < -0.39 is 34.4 Å². The van der Waals surface area contributed by atoms with Gasteiger partial charge < -0.3 is 4.84 Å². The van der Waals surface area contributed by atoms with Gasteiger partial charge in [-0.2, -0.15) is 0 Å². The van der Waals surface area contributed by atoms with E-state index in [-0.39, 0.29) is 0 Å². The van der Waals surface area contributed by atoms with Crippen molar-refractivity contribution in [1.29, 1.82) is 0 Å². The Morgan fingerprint density at radius 1 is 1.12 bits per heavy atom. The molecule has 90 valence electrons. The molecule has 0 aromatic carbocycles. The summed E-state index contributed by atoms with van der Waals surface area (Å²) in [6.07, 6.45) is 0. The molecule has 0 bridgehead atoms. The van der Waals surface area contributed by atoms with E-state index >= 15 is 0 Å². The van der Waals surface area contributed by atoms with Crippen LogP contribution in [-0.4, -0.2) is 34.4 Å². The summed E-state index contributed by atoms with van der Waals surface area (Å²) in [7, 11) is 0. The zero-order valence-electron chi connectivity index (χ0n) is 7.45. The van der Waals surface area contributed by atoms with E-state index in [9.17, 15) is 9.59 Å². The summed E-state index contributed by atoms with van der Waals surface area (Å²) in [6.45, 7) is 0. The van der Waals surface area contributed by atoms with Crippen molar-refractivity contribution in [3.63, 3.8) is 0 Å². The zero-order chi connectivity index (χ0) is 12.6. The number of carbonyl (C=O) groups excluding carboxylic acids is 2. The van der Waals surface area contributed by atoms with E-state index in [1.165, 1.54) is 0 Å². The van der Waals surface area contributed by atoms with Crippen LogP contribution in [0.25, 0.3) is 0 Å². The van der Waals surface area contributed by atoms with Crippen molar-refractivity contribution in [3.8, 4) is 0 Å². The van der Waals surface area contributed by atoms with E-state index in [2.05, 4.69) is 19.5 Å². The van der Waals surface area contributed by atoms with Crippen LogP contribution in [0.2, 0.25) is 0 Å². The maximum Gasteiger partial charge on any atom is 0.349 e. The third-order valence-electron chi connectivity index (χ3n) is 1.04. The number of alkyl halides is 2. The monoisotopic (exact) mass is 308 g/mol. The van der Waals surface area contributed by atoms with Crippen molar-refractivity contribution in [1.82, 2.24) is 0 Å². The van der Waals surface area contributed by atoms with Gasteiger partial charge in [0.05, 0.1) is 5.88 Å². The van der Waals surface area contributed by atoms with Crippen LogP contribution in [0.5, 0.6) is 0 Å². The smallest absolute Gasteiger partial charge is 0.316 e. The van der Waals surface area contributed by atoms with Gasteiger partial charge >= 0.3 is 5.97 Å². The Labute approximate surface area is 110 Å². The van der Waals surface area contributed by atoms with Crippen molar-refractivity contribution in [2.45, 2.75) is 0 Å². The molecule has 0 saturated carbocycles. The van der Waals surface area contributed by atoms with Crippen LogP contribution >= 0.6 is 46.7 Å². The predicted molar refractivity (Wildman–Crippen MR) is 60.2 cm³/mol. The van der Waals surface area contributed by atoms with Crippen molar-refractivity contribution in [3.05, 3.63) is 0 Å². The van der Waals surface area contributed by atoms with Gasteiger partial charge in [0, 0.05) is 0 Å². The minimum Gasteiger partial charge on any atom is -0.316 e. The molecule has 0 fully saturated rings. The Morgan fingerprint density at radius 2 is 1.75 bits per heavy atom. The summed E-state index contributed by atoms with van der Waals surface area (Å²) in [4.78, 5) is 26.1. The SMILES string of the molecule is O=C(CCl)ON=C(C(=O)CCl)C(Cl)=NOCl. The number of halogens is 4. The maximum absolute atomic E-state index is 11.2. The number of Topliss-reactive ketones (excluding diaryl/α,β-unsaturated/α-hetero) is 1. The molecule has 0 unspecified atom stereocenters. The molecule has 0 aromatic rings. The lowest BCUT2D eigenvalue weighted by Crippen LogP contribution is -2.23. The third kappa shape index (κ3) is 5.50. The van der Waals surface area contributed by atoms with Gasteiger partial charge in [0.25, 0.3) is 0 Å². The Hall–Kier alpha value is -0.560. The first-order chi connectivity index (χ1) is 7.56. The molecule has 0 heterocycles. The molecule has 0 aliphatic heterocycles. The number of hydrogen-bond acceptors (Lipinski definition) is 6. The van der Waals surface area contributed by atoms with Crippen LogP contribution < -0.4 is 0 Å². The van der Waals surface area contributed by atoms with Gasteiger partial charge in [0.15, 0.2) is 17.6 Å².